The average Bonchev–Trinajstić information content (AvgIpc) is 2.92. The van der Waals surface area contributed by atoms with Gasteiger partial charge in [0.2, 0.25) is 10.0 Å². The van der Waals surface area contributed by atoms with Crippen molar-refractivity contribution in [2.75, 3.05) is 23.7 Å². The first-order valence-electron chi connectivity index (χ1n) is 14.0. The van der Waals surface area contributed by atoms with Crippen LogP contribution < -0.4 is 14.4 Å². The first kappa shape index (κ1) is 29.1. The zero-order valence-corrected chi connectivity index (χ0v) is 23.9. The van der Waals surface area contributed by atoms with Gasteiger partial charge >= 0.3 is 0 Å². The molecule has 5 atom stereocenters. The molecule has 9 nitrogen and oxygen atoms in total. The van der Waals surface area contributed by atoms with E-state index >= 15 is 0 Å². The number of amides is 1. The molecule has 0 radical (unpaired) electrons. The Kier molecular flexibility index (Phi) is 8.92. The molecular formula is C29H37ClN2O7S. The number of carbonyl (C=O) groups is 1. The molecule has 4 N–H and O–H groups in total. The number of aliphatic hydroxyl groups excluding tert-OH is 3. The highest BCUT2D eigenvalue weighted by Crippen LogP contribution is 2.41. The van der Waals surface area contributed by atoms with Crippen LogP contribution in [0.2, 0.25) is 5.02 Å². The number of nitrogens with one attached hydrogen (secondary N) is 1. The highest BCUT2D eigenvalue weighted by Gasteiger charge is 2.39. The van der Waals surface area contributed by atoms with Crippen LogP contribution in [-0.2, 0) is 23.1 Å². The lowest BCUT2D eigenvalue weighted by Gasteiger charge is -2.44. The first-order chi connectivity index (χ1) is 19.1. The Balaban J connectivity index is 1.51. The molecule has 3 aliphatic rings. The fraction of sp³-hybridized carbons (Fsp3) is 0.552. The van der Waals surface area contributed by atoms with Crippen LogP contribution in [0, 0.1) is 11.8 Å². The van der Waals surface area contributed by atoms with Crippen molar-refractivity contribution in [2.24, 2.45) is 11.8 Å². The summed E-state index contributed by atoms with van der Waals surface area (Å²) in [5, 5.41) is 32.4. The van der Waals surface area contributed by atoms with Gasteiger partial charge in [-0.2, -0.15) is 0 Å². The molecule has 11 heteroatoms. The Morgan fingerprint density at radius 2 is 1.77 bits per heavy atom. The molecule has 2 bridgehead atoms. The van der Waals surface area contributed by atoms with Crippen molar-refractivity contribution in [3.63, 3.8) is 0 Å². The second-order valence-corrected chi connectivity index (χ2v) is 13.5. The predicted octanol–water partition coefficient (Wildman–Crippen LogP) is 3.02. The molecule has 1 fully saturated rings. The summed E-state index contributed by atoms with van der Waals surface area (Å²) in [7, 11) is -4.08. The van der Waals surface area contributed by atoms with Crippen LogP contribution in [-0.4, -0.2) is 66.8 Å². The summed E-state index contributed by atoms with van der Waals surface area (Å²) < 4.78 is 33.7. The number of anilines is 1. The smallest absolute Gasteiger partial charge is 0.264 e. The van der Waals surface area contributed by atoms with Crippen molar-refractivity contribution >= 4 is 33.2 Å². The highest BCUT2D eigenvalue weighted by atomic mass is 35.5. The van der Waals surface area contributed by atoms with Gasteiger partial charge < -0.3 is 25.0 Å². The van der Waals surface area contributed by atoms with Gasteiger partial charge in [0.1, 0.15) is 12.4 Å². The van der Waals surface area contributed by atoms with Crippen LogP contribution in [0.1, 0.15) is 60.0 Å². The summed E-state index contributed by atoms with van der Waals surface area (Å²) in [5.41, 5.74) is 3.05. The highest BCUT2D eigenvalue weighted by molar-refractivity contribution is 7.90. The van der Waals surface area contributed by atoms with Crippen LogP contribution in [0.15, 0.2) is 36.4 Å². The lowest BCUT2D eigenvalue weighted by molar-refractivity contribution is -0.0509. The first-order valence-corrected chi connectivity index (χ1v) is 16.0. The molecule has 2 aromatic carbocycles. The molecule has 2 heterocycles. The van der Waals surface area contributed by atoms with E-state index in [0.717, 1.165) is 43.2 Å². The monoisotopic (exact) mass is 592 g/mol. The zero-order chi connectivity index (χ0) is 28.4. The number of rotatable bonds is 0. The van der Waals surface area contributed by atoms with Gasteiger partial charge in [0, 0.05) is 30.1 Å². The number of nitrogens with zero attached hydrogens (tertiary/aromatic N) is 1. The third-order valence-corrected chi connectivity index (χ3v) is 10.0. The van der Waals surface area contributed by atoms with Gasteiger partial charge in [0.05, 0.1) is 29.8 Å². The molecular weight excluding hydrogens is 556 g/mol. The lowest BCUT2D eigenvalue weighted by atomic mass is 9.69. The van der Waals surface area contributed by atoms with Crippen LogP contribution in [0.3, 0.4) is 0 Å². The van der Waals surface area contributed by atoms with Crippen molar-refractivity contribution in [1.29, 1.82) is 0 Å². The molecule has 1 aliphatic carbocycles. The topological polar surface area (TPSA) is 136 Å². The van der Waals surface area contributed by atoms with Gasteiger partial charge in [-0.25, -0.2) is 13.1 Å². The maximum Gasteiger partial charge on any atom is 0.264 e. The molecule has 0 aromatic heterocycles. The van der Waals surface area contributed by atoms with E-state index in [0.29, 0.717) is 36.2 Å². The molecule has 0 spiro atoms. The lowest BCUT2D eigenvalue weighted by Crippen LogP contribution is -2.46. The molecule has 1 amide bonds. The van der Waals surface area contributed by atoms with Crippen LogP contribution in [0.5, 0.6) is 5.75 Å². The van der Waals surface area contributed by atoms with Gasteiger partial charge in [-0.05, 0) is 91.8 Å². The van der Waals surface area contributed by atoms with Gasteiger partial charge in [0.15, 0.2) is 0 Å². The van der Waals surface area contributed by atoms with Crippen LogP contribution in [0.4, 0.5) is 5.69 Å². The maximum absolute atomic E-state index is 13.0. The minimum Gasteiger partial charge on any atom is -0.487 e. The molecule has 5 rings (SSSR count). The van der Waals surface area contributed by atoms with E-state index in [2.05, 4.69) is 9.62 Å². The molecule has 2 aromatic rings. The van der Waals surface area contributed by atoms with Gasteiger partial charge in [-0.3, -0.25) is 4.79 Å². The standard InChI is InChI=1S/C29H37ClN2O7S/c30-22-7-4-21-17-39-28-9-6-19-14-24(28)32(11-2-1-3-18(21)13-22)16-20-5-8-23(20)26(34)15-27(35)25(33)10-12-40(37,38)31-29(19)36/h4,6-7,9,13-14,20,23,25-27,33-35H,1-3,5,8,10-12,15-17H2,(H,31,36)/t20-,23+,25+,26-,27-/m0/s1. The average molecular weight is 593 g/mol. The molecule has 218 valence electrons. The second-order valence-electron chi connectivity index (χ2n) is 11.3. The maximum atomic E-state index is 13.0. The number of aliphatic hydroxyl groups is 3. The summed E-state index contributed by atoms with van der Waals surface area (Å²) in [6.07, 6.45) is 0.616. The third-order valence-electron chi connectivity index (χ3n) is 8.52. The van der Waals surface area contributed by atoms with Crippen LogP contribution in [0.25, 0.3) is 0 Å². The minimum atomic E-state index is -4.08. The Hall–Kier alpha value is -2.37. The van der Waals surface area contributed by atoms with Gasteiger partial charge in [0.25, 0.3) is 5.91 Å². The molecule has 2 aliphatic heterocycles. The number of carbonyl (C=O) groups excluding carboxylic acids is 1. The third kappa shape index (κ3) is 6.74. The fourth-order valence-electron chi connectivity index (χ4n) is 5.99. The number of ether oxygens (including phenoxy) is 1. The van der Waals surface area contributed by atoms with E-state index in [4.69, 9.17) is 16.3 Å². The van der Waals surface area contributed by atoms with Gasteiger partial charge in [-0.1, -0.05) is 17.7 Å². The van der Waals surface area contributed by atoms with Gasteiger partial charge in [-0.15, -0.1) is 0 Å². The molecule has 0 unspecified atom stereocenters. The number of hydrogen-bond donors (Lipinski definition) is 4. The van der Waals surface area contributed by atoms with E-state index in [1.165, 1.54) is 0 Å². The zero-order valence-electron chi connectivity index (χ0n) is 22.3. The van der Waals surface area contributed by atoms with E-state index in [1.54, 1.807) is 18.2 Å². The SMILES string of the molecule is O=C1NS(=O)(=O)CC[C@@H](O)[C@@H](O)C[C@H](O)[C@@H]2CC[C@H]2CN2CCCCc3cc(Cl)ccc3COc3ccc1cc32. The normalized spacial score (nSPS) is 29.4. The quantitative estimate of drug-likeness (QED) is 0.366. The number of sulfonamides is 1. The number of fused-ring (bicyclic) bond motifs is 3. The number of halogens is 1. The fourth-order valence-corrected chi connectivity index (χ4v) is 7.24. The molecule has 0 saturated heterocycles. The van der Waals surface area contributed by atoms with Crippen molar-refractivity contribution < 1.29 is 33.3 Å². The van der Waals surface area contributed by atoms with E-state index in [1.807, 2.05) is 18.2 Å². The summed E-state index contributed by atoms with van der Waals surface area (Å²) >= 11 is 6.27. The van der Waals surface area contributed by atoms with Crippen LogP contribution >= 0.6 is 11.6 Å². The van der Waals surface area contributed by atoms with E-state index < -0.39 is 40.0 Å². The predicted molar refractivity (Wildman–Crippen MR) is 152 cm³/mol. The Bertz CT molecular complexity index is 1340. The minimum absolute atomic E-state index is 0.0423. The van der Waals surface area contributed by atoms with Crippen molar-refractivity contribution in [3.05, 3.63) is 58.1 Å². The summed E-state index contributed by atoms with van der Waals surface area (Å²) in [4.78, 5) is 15.2. The molecule has 1 saturated carbocycles. The Labute approximate surface area is 240 Å². The number of hydrogen-bond acceptors (Lipinski definition) is 8. The Morgan fingerprint density at radius 3 is 2.55 bits per heavy atom. The number of benzene rings is 2. The second kappa shape index (κ2) is 12.2. The van der Waals surface area contributed by atoms with Crippen molar-refractivity contribution in [3.8, 4) is 5.75 Å². The van der Waals surface area contributed by atoms with Crippen molar-refractivity contribution in [2.45, 2.75) is 69.9 Å². The summed E-state index contributed by atoms with van der Waals surface area (Å²) in [6, 6.07) is 10.7. The van der Waals surface area contributed by atoms with Crippen molar-refractivity contribution in [1.82, 2.24) is 4.72 Å². The Morgan fingerprint density at radius 1 is 0.950 bits per heavy atom. The number of aryl methyl sites for hydroxylation is 1. The molecule has 40 heavy (non-hydrogen) atoms. The summed E-state index contributed by atoms with van der Waals surface area (Å²) in [5.74, 6) is -0.629. The largest absolute Gasteiger partial charge is 0.487 e. The van der Waals surface area contributed by atoms with E-state index in [-0.39, 0.29) is 30.2 Å². The van der Waals surface area contributed by atoms with E-state index in [9.17, 15) is 28.5 Å². The summed E-state index contributed by atoms with van der Waals surface area (Å²) in [6.45, 7) is 1.60.